The van der Waals surface area contributed by atoms with E-state index in [-0.39, 0.29) is 23.5 Å². The van der Waals surface area contributed by atoms with Crippen LogP contribution in [-0.4, -0.2) is 15.9 Å². The molecule has 0 saturated heterocycles. The summed E-state index contributed by atoms with van der Waals surface area (Å²) in [5, 5.41) is 10.9. The molecule has 2 N–H and O–H groups in total. The van der Waals surface area contributed by atoms with Gasteiger partial charge in [0.05, 0.1) is 11.1 Å². The number of rotatable bonds is 2. The van der Waals surface area contributed by atoms with Crippen LogP contribution < -0.4 is 5.56 Å². The van der Waals surface area contributed by atoms with Crippen molar-refractivity contribution in [3.05, 3.63) is 39.1 Å². The second-order valence-corrected chi connectivity index (χ2v) is 4.29. The van der Waals surface area contributed by atoms with Crippen molar-refractivity contribution in [3.8, 4) is 5.75 Å². The maximum Gasteiger partial charge on any atom is 0.255 e. The van der Waals surface area contributed by atoms with Crippen LogP contribution in [-0.2, 0) is 11.2 Å². The summed E-state index contributed by atoms with van der Waals surface area (Å²) >= 11 is 5.82. The van der Waals surface area contributed by atoms with E-state index < -0.39 is 5.56 Å². The van der Waals surface area contributed by atoms with Gasteiger partial charge in [-0.1, -0.05) is 11.6 Å². The molecule has 0 spiro atoms. The number of hydrogen-bond acceptors (Lipinski definition) is 3. The van der Waals surface area contributed by atoms with Crippen LogP contribution in [0.3, 0.4) is 0 Å². The quantitative estimate of drug-likeness (QED) is 0.858. The SMILES string of the molecule is CC(=O)Cc1c(O)c2cc(Cl)ccc2[nH]c1=O. The number of pyridine rings is 1. The van der Waals surface area contributed by atoms with E-state index >= 15 is 0 Å². The lowest BCUT2D eigenvalue weighted by atomic mass is 10.1. The molecule has 2 rings (SSSR count). The van der Waals surface area contributed by atoms with E-state index in [2.05, 4.69) is 4.98 Å². The highest BCUT2D eigenvalue weighted by molar-refractivity contribution is 6.31. The Morgan fingerprint density at radius 1 is 1.47 bits per heavy atom. The van der Waals surface area contributed by atoms with Gasteiger partial charge in [0, 0.05) is 16.8 Å². The Morgan fingerprint density at radius 3 is 2.82 bits per heavy atom. The highest BCUT2D eigenvalue weighted by atomic mass is 35.5. The summed E-state index contributed by atoms with van der Waals surface area (Å²) < 4.78 is 0. The molecule has 0 fully saturated rings. The zero-order valence-corrected chi connectivity index (χ0v) is 9.84. The van der Waals surface area contributed by atoms with Gasteiger partial charge >= 0.3 is 0 Å². The number of Topliss-reactive ketones (excluding diaryl/α,β-unsaturated/α-hetero) is 1. The van der Waals surface area contributed by atoms with Crippen molar-refractivity contribution in [2.45, 2.75) is 13.3 Å². The molecular weight excluding hydrogens is 242 g/mol. The molecule has 1 aromatic heterocycles. The Hall–Kier alpha value is -1.81. The number of hydrogen-bond donors (Lipinski definition) is 2. The highest BCUT2D eigenvalue weighted by Crippen LogP contribution is 2.27. The molecule has 0 aliphatic heterocycles. The van der Waals surface area contributed by atoms with Crippen molar-refractivity contribution in [2.24, 2.45) is 0 Å². The number of benzene rings is 1. The molecule has 0 atom stereocenters. The first-order valence-corrected chi connectivity index (χ1v) is 5.39. The summed E-state index contributed by atoms with van der Waals surface area (Å²) in [5.41, 5.74) is 0.115. The lowest BCUT2D eigenvalue weighted by Gasteiger charge is -2.06. The number of aromatic nitrogens is 1. The van der Waals surface area contributed by atoms with Crippen LogP contribution in [0.25, 0.3) is 10.9 Å². The summed E-state index contributed by atoms with van der Waals surface area (Å²) in [6.07, 6.45) is -0.0936. The number of ketones is 1. The second-order valence-electron chi connectivity index (χ2n) is 3.85. The van der Waals surface area contributed by atoms with Gasteiger partial charge in [0.25, 0.3) is 5.56 Å². The van der Waals surface area contributed by atoms with Crippen LogP contribution in [0.1, 0.15) is 12.5 Å². The number of carbonyl (C=O) groups excluding carboxylic acids is 1. The maximum absolute atomic E-state index is 11.7. The summed E-state index contributed by atoms with van der Waals surface area (Å²) in [4.78, 5) is 25.3. The number of aromatic hydroxyl groups is 1. The fourth-order valence-corrected chi connectivity index (χ4v) is 1.87. The van der Waals surface area contributed by atoms with Crippen molar-refractivity contribution in [2.75, 3.05) is 0 Å². The Kier molecular flexibility index (Phi) is 2.90. The lowest BCUT2D eigenvalue weighted by molar-refractivity contribution is -0.116. The Labute approximate surface area is 102 Å². The molecule has 0 amide bonds. The highest BCUT2D eigenvalue weighted by Gasteiger charge is 2.13. The molecule has 1 heterocycles. The zero-order valence-electron chi connectivity index (χ0n) is 9.08. The van der Waals surface area contributed by atoms with Crippen LogP contribution >= 0.6 is 11.6 Å². The van der Waals surface area contributed by atoms with E-state index in [1.165, 1.54) is 6.92 Å². The fraction of sp³-hybridized carbons (Fsp3) is 0.167. The monoisotopic (exact) mass is 251 g/mol. The summed E-state index contributed by atoms with van der Waals surface area (Å²) in [6.45, 7) is 1.36. The van der Waals surface area contributed by atoms with Crippen LogP contribution in [0.5, 0.6) is 5.75 Å². The number of carbonyl (C=O) groups is 1. The average molecular weight is 252 g/mol. The lowest BCUT2D eigenvalue weighted by Crippen LogP contribution is -2.15. The largest absolute Gasteiger partial charge is 0.507 e. The minimum absolute atomic E-state index is 0.0762. The smallest absolute Gasteiger partial charge is 0.255 e. The minimum atomic E-state index is -0.451. The third kappa shape index (κ3) is 2.17. The molecule has 1 aromatic carbocycles. The van der Waals surface area contributed by atoms with E-state index in [0.29, 0.717) is 15.9 Å². The third-order valence-electron chi connectivity index (χ3n) is 2.47. The second kappa shape index (κ2) is 4.22. The number of halogens is 1. The molecule has 0 bridgehead atoms. The first kappa shape index (κ1) is 11.7. The minimum Gasteiger partial charge on any atom is -0.507 e. The topological polar surface area (TPSA) is 70.2 Å². The van der Waals surface area contributed by atoms with E-state index in [4.69, 9.17) is 11.6 Å². The van der Waals surface area contributed by atoms with Crippen molar-refractivity contribution >= 4 is 28.3 Å². The molecule has 0 saturated carbocycles. The Morgan fingerprint density at radius 2 is 2.18 bits per heavy atom. The van der Waals surface area contributed by atoms with Crippen LogP contribution in [0, 0.1) is 0 Å². The fourth-order valence-electron chi connectivity index (χ4n) is 1.70. The molecule has 17 heavy (non-hydrogen) atoms. The van der Waals surface area contributed by atoms with E-state index in [9.17, 15) is 14.7 Å². The maximum atomic E-state index is 11.7. The van der Waals surface area contributed by atoms with Crippen molar-refractivity contribution in [1.29, 1.82) is 0 Å². The van der Waals surface area contributed by atoms with Gasteiger partial charge in [-0.15, -0.1) is 0 Å². The van der Waals surface area contributed by atoms with E-state index in [1.54, 1.807) is 18.2 Å². The van der Waals surface area contributed by atoms with Gasteiger partial charge < -0.3 is 10.1 Å². The van der Waals surface area contributed by atoms with Crippen molar-refractivity contribution < 1.29 is 9.90 Å². The van der Waals surface area contributed by atoms with Crippen molar-refractivity contribution in [3.63, 3.8) is 0 Å². The average Bonchev–Trinajstić information content (AvgIpc) is 2.25. The summed E-state index contributed by atoms with van der Waals surface area (Å²) in [7, 11) is 0. The van der Waals surface area contributed by atoms with Crippen LogP contribution in [0.2, 0.25) is 5.02 Å². The summed E-state index contributed by atoms with van der Waals surface area (Å²) in [6, 6.07) is 4.77. The Balaban J connectivity index is 2.77. The first-order valence-electron chi connectivity index (χ1n) is 5.02. The van der Waals surface area contributed by atoms with Gasteiger partial charge in [0.15, 0.2) is 0 Å². The number of aromatic amines is 1. The van der Waals surface area contributed by atoms with Gasteiger partial charge in [-0.2, -0.15) is 0 Å². The summed E-state index contributed by atoms with van der Waals surface area (Å²) in [5.74, 6) is -0.367. The standard InChI is InChI=1S/C12H10ClNO3/c1-6(15)4-9-11(16)8-5-7(13)2-3-10(8)14-12(9)17/h2-3,5H,4H2,1H3,(H2,14,16,17). The zero-order chi connectivity index (χ0) is 12.6. The Bertz CT molecular complexity index is 661. The molecule has 4 nitrogen and oxygen atoms in total. The first-order chi connectivity index (χ1) is 7.99. The molecule has 5 heteroatoms. The van der Waals surface area contributed by atoms with Crippen LogP contribution in [0.15, 0.2) is 23.0 Å². The molecule has 0 radical (unpaired) electrons. The molecular formula is C12H10ClNO3. The molecule has 2 aromatic rings. The third-order valence-corrected chi connectivity index (χ3v) is 2.71. The van der Waals surface area contributed by atoms with Crippen molar-refractivity contribution in [1.82, 2.24) is 4.98 Å². The molecule has 88 valence electrons. The number of nitrogens with one attached hydrogen (secondary N) is 1. The predicted octanol–water partition coefficient (Wildman–Crippen LogP) is 2.02. The van der Waals surface area contributed by atoms with Gasteiger partial charge in [-0.05, 0) is 25.1 Å². The van der Waals surface area contributed by atoms with Gasteiger partial charge in [-0.3, -0.25) is 9.59 Å². The van der Waals surface area contributed by atoms with Gasteiger partial charge in [-0.25, -0.2) is 0 Å². The number of H-pyrrole nitrogens is 1. The number of fused-ring (bicyclic) bond motifs is 1. The predicted molar refractivity (Wildman–Crippen MR) is 65.6 cm³/mol. The van der Waals surface area contributed by atoms with Gasteiger partial charge in [0.2, 0.25) is 0 Å². The normalized spacial score (nSPS) is 10.7. The molecule has 0 aliphatic rings. The van der Waals surface area contributed by atoms with Crippen LogP contribution in [0.4, 0.5) is 0 Å². The van der Waals surface area contributed by atoms with Gasteiger partial charge in [0.1, 0.15) is 11.5 Å². The molecule has 0 unspecified atom stereocenters. The van der Waals surface area contributed by atoms with E-state index in [0.717, 1.165) is 0 Å². The molecule has 0 aliphatic carbocycles. The van der Waals surface area contributed by atoms with E-state index in [1.807, 2.05) is 0 Å².